The van der Waals surface area contributed by atoms with Crippen molar-refractivity contribution in [3.05, 3.63) is 29.8 Å². The second-order valence-corrected chi connectivity index (χ2v) is 6.36. The van der Waals surface area contributed by atoms with E-state index in [0.717, 1.165) is 38.0 Å². The average Bonchev–Trinajstić information content (AvgIpc) is 2.58. The first kappa shape index (κ1) is 17.8. The maximum Gasteiger partial charge on any atom is 0.335 e. The van der Waals surface area contributed by atoms with Crippen molar-refractivity contribution in [2.75, 3.05) is 13.2 Å². The van der Waals surface area contributed by atoms with Crippen molar-refractivity contribution in [3.8, 4) is 5.75 Å². The van der Waals surface area contributed by atoms with Gasteiger partial charge in [0.2, 0.25) is 0 Å². The van der Waals surface area contributed by atoms with E-state index in [-0.39, 0.29) is 5.56 Å². The molecule has 0 heterocycles. The van der Waals surface area contributed by atoms with Gasteiger partial charge < -0.3 is 14.6 Å². The molecular weight excluding hydrogens is 292 g/mol. The number of ether oxygens (including phenoxy) is 2. The number of rotatable bonds is 9. The molecule has 1 fully saturated rings. The number of unbranched alkanes of at least 4 members (excludes halogenated alkanes) is 2. The number of hydrogen-bond acceptors (Lipinski definition) is 3. The highest BCUT2D eigenvalue weighted by molar-refractivity contribution is 5.87. The SMILES string of the molecule is CCCCCOC1CCC(COc2ccc(C(=O)O)cc2)CC1. The van der Waals surface area contributed by atoms with Crippen molar-refractivity contribution < 1.29 is 19.4 Å². The first-order chi connectivity index (χ1) is 11.2. The first-order valence-electron chi connectivity index (χ1n) is 8.76. The van der Waals surface area contributed by atoms with Gasteiger partial charge in [-0.15, -0.1) is 0 Å². The van der Waals surface area contributed by atoms with Crippen LogP contribution in [-0.4, -0.2) is 30.4 Å². The smallest absolute Gasteiger partial charge is 0.335 e. The monoisotopic (exact) mass is 320 g/mol. The van der Waals surface area contributed by atoms with Crippen molar-refractivity contribution in [2.24, 2.45) is 5.92 Å². The Bertz CT molecular complexity index is 461. The van der Waals surface area contributed by atoms with Gasteiger partial charge in [-0.2, -0.15) is 0 Å². The molecule has 1 aromatic carbocycles. The molecule has 0 bridgehead atoms. The van der Waals surface area contributed by atoms with Gasteiger partial charge in [0.1, 0.15) is 5.75 Å². The molecule has 0 unspecified atom stereocenters. The normalized spacial score (nSPS) is 21.1. The van der Waals surface area contributed by atoms with Crippen molar-refractivity contribution in [1.82, 2.24) is 0 Å². The molecular formula is C19H28O4. The van der Waals surface area contributed by atoms with E-state index in [4.69, 9.17) is 14.6 Å². The van der Waals surface area contributed by atoms with Crippen LogP contribution in [-0.2, 0) is 4.74 Å². The van der Waals surface area contributed by atoms with Crippen LogP contribution in [0.5, 0.6) is 5.75 Å². The number of aromatic carboxylic acids is 1. The van der Waals surface area contributed by atoms with E-state index < -0.39 is 5.97 Å². The van der Waals surface area contributed by atoms with Crippen LogP contribution < -0.4 is 4.74 Å². The third kappa shape index (κ3) is 6.22. The molecule has 0 amide bonds. The van der Waals surface area contributed by atoms with Crippen LogP contribution in [0.25, 0.3) is 0 Å². The lowest BCUT2D eigenvalue weighted by molar-refractivity contribution is 0.0112. The minimum absolute atomic E-state index is 0.290. The number of hydrogen-bond donors (Lipinski definition) is 1. The van der Waals surface area contributed by atoms with Crippen LogP contribution in [0.3, 0.4) is 0 Å². The standard InChI is InChI=1S/C19H28O4/c1-2-3-4-13-22-17-9-5-15(6-10-17)14-23-18-11-7-16(8-12-18)19(20)21/h7-8,11-12,15,17H,2-6,9-10,13-14H2,1H3,(H,20,21). The highest BCUT2D eigenvalue weighted by atomic mass is 16.5. The molecule has 2 rings (SSSR count). The highest BCUT2D eigenvalue weighted by Crippen LogP contribution is 2.27. The van der Waals surface area contributed by atoms with E-state index >= 15 is 0 Å². The van der Waals surface area contributed by atoms with Crippen LogP contribution in [0.1, 0.15) is 62.2 Å². The summed E-state index contributed by atoms with van der Waals surface area (Å²) in [6.45, 7) is 3.81. The Morgan fingerprint density at radius 3 is 2.43 bits per heavy atom. The minimum Gasteiger partial charge on any atom is -0.493 e. The van der Waals surface area contributed by atoms with Gasteiger partial charge >= 0.3 is 5.97 Å². The van der Waals surface area contributed by atoms with Gasteiger partial charge in [-0.1, -0.05) is 19.8 Å². The van der Waals surface area contributed by atoms with Crippen molar-refractivity contribution in [3.63, 3.8) is 0 Å². The van der Waals surface area contributed by atoms with E-state index in [1.54, 1.807) is 24.3 Å². The van der Waals surface area contributed by atoms with Gasteiger partial charge in [0.15, 0.2) is 0 Å². The van der Waals surface area contributed by atoms with Crippen molar-refractivity contribution in [1.29, 1.82) is 0 Å². The highest BCUT2D eigenvalue weighted by Gasteiger charge is 2.22. The molecule has 0 radical (unpaired) electrons. The molecule has 0 saturated heterocycles. The second kappa shape index (κ2) is 9.56. The maximum absolute atomic E-state index is 10.8. The zero-order valence-electron chi connectivity index (χ0n) is 14.0. The molecule has 0 atom stereocenters. The van der Waals surface area contributed by atoms with E-state index in [0.29, 0.717) is 18.6 Å². The molecule has 1 aliphatic rings. The fraction of sp³-hybridized carbons (Fsp3) is 0.632. The number of carbonyl (C=O) groups is 1. The molecule has 128 valence electrons. The summed E-state index contributed by atoms with van der Waals surface area (Å²) < 4.78 is 11.7. The summed E-state index contributed by atoms with van der Waals surface area (Å²) in [5.74, 6) is 0.409. The minimum atomic E-state index is -0.909. The summed E-state index contributed by atoms with van der Waals surface area (Å²) >= 11 is 0. The number of carboxylic acids is 1. The van der Waals surface area contributed by atoms with Crippen LogP contribution >= 0.6 is 0 Å². The number of carboxylic acid groups (broad SMARTS) is 1. The van der Waals surface area contributed by atoms with Crippen LogP contribution in [0.2, 0.25) is 0 Å². The first-order valence-corrected chi connectivity index (χ1v) is 8.76. The average molecular weight is 320 g/mol. The van der Waals surface area contributed by atoms with Gasteiger partial charge in [-0.05, 0) is 62.3 Å². The zero-order chi connectivity index (χ0) is 16.5. The molecule has 4 heteroatoms. The van der Waals surface area contributed by atoms with Crippen LogP contribution in [0.15, 0.2) is 24.3 Å². The molecule has 4 nitrogen and oxygen atoms in total. The topological polar surface area (TPSA) is 55.8 Å². The lowest BCUT2D eigenvalue weighted by Crippen LogP contribution is -2.25. The summed E-state index contributed by atoms with van der Waals surface area (Å²) in [6.07, 6.45) is 8.63. The Labute approximate surface area is 138 Å². The van der Waals surface area contributed by atoms with Gasteiger partial charge in [0, 0.05) is 6.61 Å². The van der Waals surface area contributed by atoms with Crippen molar-refractivity contribution >= 4 is 5.97 Å². The summed E-state index contributed by atoms with van der Waals surface area (Å²) in [4.78, 5) is 10.8. The van der Waals surface area contributed by atoms with Gasteiger partial charge in [-0.3, -0.25) is 0 Å². The second-order valence-electron chi connectivity index (χ2n) is 6.36. The number of benzene rings is 1. The van der Waals surface area contributed by atoms with Gasteiger partial charge in [-0.25, -0.2) is 4.79 Å². The molecule has 1 aliphatic carbocycles. The van der Waals surface area contributed by atoms with Gasteiger partial charge in [0.05, 0.1) is 18.3 Å². The molecule has 1 N–H and O–H groups in total. The fourth-order valence-corrected chi connectivity index (χ4v) is 2.98. The van der Waals surface area contributed by atoms with E-state index in [1.165, 1.54) is 19.3 Å². The molecule has 0 aromatic heterocycles. The maximum atomic E-state index is 10.8. The summed E-state index contributed by atoms with van der Waals surface area (Å²) in [5.41, 5.74) is 0.290. The Hall–Kier alpha value is -1.55. The van der Waals surface area contributed by atoms with Crippen LogP contribution in [0, 0.1) is 5.92 Å². The lowest BCUT2D eigenvalue weighted by atomic mass is 9.88. The molecule has 1 aromatic rings. The Balaban J connectivity index is 1.63. The Morgan fingerprint density at radius 1 is 1.13 bits per heavy atom. The molecule has 0 aliphatic heterocycles. The quantitative estimate of drug-likeness (QED) is 0.679. The Kier molecular flexibility index (Phi) is 7.40. The lowest BCUT2D eigenvalue weighted by Gasteiger charge is -2.28. The molecule has 0 spiro atoms. The van der Waals surface area contributed by atoms with E-state index in [9.17, 15) is 4.79 Å². The van der Waals surface area contributed by atoms with Crippen molar-refractivity contribution in [2.45, 2.75) is 58.0 Å². The predicted molar refractivity (Wildman–Crippen MR) is 90.1 cm³/mol. The fourth-order valence-electron chi connectivity index (χ4n) is 2.98. The largest absolute Gasteiger partial charge is 0.493 e. The van der Waals surface area contributed by atoms with E-state index in [1.807, 2.05) is 0 Å². The van der Waals surface area contributed by atoms with Crippen LogP contribution in [0.4, 0.5) is 0 Å². The van der Waals surface area contributed by atoms with Gasteiger partial charge in [0.25, 0.3) is 0 Å². The third-order valence-electron chi connectivity index (χ3n) is 4.48. The predicted octanol–water partition coefficient (Wildman–Crippen LogP) is 4.53. The summed E-state index contributed by atoms with van der Waals surface area (Å²) in [6, 6.07) is 6.62. The molecule has 23 heavy (non-hydrogen) atoms. The summed E-state index contributed by atoms with van der Waals surface area (Å²) in [5, 5.41) is 8.87. The summed E-state index contributed by atoms with van der Waals surface area (Å²) in [7, 11) is 0. The molecule has 1 saturated carbocycles. The third-order valence-corrected chi connectivity index (χ3v) is 4.48. The Morgan fingerprint density at radius 2 is 1.83 bits per heavy atom. The van der Waals surface area contributed by atoms with E-state index in [2.05, 4.69) is 6.92 Å². The zero-order valence-corrected chi connectivity index (χ0v) is 14.0.